The first kappa shape index (κ1) is 15.9. The fourth-order valence-corrected chi connectivity index (χ4v) is 2.24. The topological polar surface area (TPSA) is 21.3 Å². The zero-order valence-corrected chi connectivity index (χ0v) is 13.4. The summed E-state index contributed by atoms with van der Waals surface area (Å²) in [4.78, 5) is 0. The lowest BCUT2D eigenvalue weighted by molar-refractivity contribution is 0.298. The lowest BCUT2D eigenvalue weighted by Crippen LogP contribution is -2.13. The Bertz CT molecular complexity index is 634. The molecule has 1 unspecified atom stereocenters. The number of hydrogen-bond donors (Lipinski definition) is 1. The van der Waals surface area contributed by atoms with Gasteiger partial charge in [-0.25, -0.2) is 8.78 Å². The van der Waals surface area contributed by atoms with E-state index in [0.29, 0.717) is 21.3 Å². The lowest BCUT2D eigenvalue weighted by Gasteiger charge is -2.13. The van der Waals surface area contributed by atoms with E-state index >= 15 is 0 Å². The van der Waals surface area contributed by atoms with Gasteiger partial charge in [-0.05, 0) is 32.2 Å². The molecule has 0 bridgehead atoms. The first-order chi connectivity index (χ1) is 10.0. The Morgan fingerprint density at radius 2 is 1.90 bits per heavy atom. The summed E-state index contributed by atoms with van der Waals surface area (Å²) in [6, 6.07) is 9.33. The van der Waals surface area contributed by atoms with Gasteiger partial charge >= 0.3 is 0 Å². The normalized spacial score (nSPS) is 12.2. The van der Waals surface area contributed by atoms with E-state index in [1.165, 1.54) is 12.1 Å². The standard InChI is InChI=1S/C16H16BrF2NO/c1-10(20-2)14-6-5-13(8-16(14)19)21-9-11-3-4-12(17)7-15(11)18/h3-8,10,20H,9H2,1-2H3. The monoisotopic (exact) mass is 355 g/mol. The summed E-state index contributed by atoms with van der Waals surface area (Å²) in [6.07, 6.45) is 0. The molecule has 5 heteroatoms. The molecule has 0 saturated carbocycles. The van der Waals surface area contributed by atoms with Gasteiger partial charge in [-0.2, -0.15) is 0 Å². The van der Waals surface area contributed by atoms with Crippen molar-refractivity contribution in [3.05, 3.63) is 63.6 Å². The highest BCUT2D eigenvalue weighted by atomic mass is 79.9. The second-order valence-electron chi connectivity index (χ2n) is 4.72. The highest BCUT2D eigenvalue weighted by Gasteiger charge is 2.10. The fourth-order valence-electron chi connectivity index (χ4n) is 1.90. The van der Waals surface area contributed by atoms with Crippen LogP contribution in [0.1, 0.15) is 24.1 Å². The zero-order chi connectivity index (χ0) is 15.4. The van der Waals surface area contributed by atoms with E-state index in [2.05, 4.69) is 21.2 Å². The Hall–Kier alpha value is -1.46. The van der Waals surface area contributed by atoms with E-state index in [4.69, 9.17) is 4.74 Å². The van der Waals surface area contributed by atoms with E-state index < -0.39 is 0 Å². The molecule has 0 aromatic heterocycles. The Morgan fingerprint density at radius 3 is 2.52 bits per heavy atom. The maximum atomic E-state index is 13.9. The Kier molecular flexibility index (Phi) is 5.31. The molecule has 0 amide bonds. The van der Waals surface area contributed by atoms with Gasteiger partial charge in [0.15, 0.2) is 0 Å². The Labute approximate surface area is 131 Å². The summed E-state index contributed by atoms with van der Waals surface area (Å²) >= 11 is 3.19. The third kappa shape index (κ3) is 4.02. The van der Waals surface area contributed by atoms with Crippen molar-refractivity contribution < 1.29 is 13.5 Å². The summed E-state index contributed by atoms with van der Waals surface area (Å²) in [5.74, 6) is -0.322. The van der Waals surface area contributed by atoms with Crippen LogP contribution in [0.5, 0.6) is 5.75 Å². The molecule has 1 atom stereocenters. The molecule has 0 heterocycles. The van der Waals surface area contributed by atoms with Crippen molar-refractivity contribution in [2.24, 2.45) is 0 Å². The van der Waals surface area contributed by atoms with Crippen molar-refractivity contribution in [1.29, 1.82) is 0 Å². The van der Waals surface area contributed by atoms with E-state index in [9.17, 15) is 8.78 Å². The van der Waals surface area contributed by atoms with Crippen LogP contribution in [-0.2, 0) is 6.61 Å². The maximum Gasteiger partial charge on any atom is 0.131 e. The molecule has 0 saturated heterocycles. The second kappa shape index (κ2) is 7.00. The SMILES string of the molecule is CNC(C)c1ccc(OCc2ccc(Br)cc2F)cc1F. The molecule has 0 aliphatic heterocycles. The van der Waals surface area contributed by atoms with E-state index in [-0.39, 0.29) is 24.3 Å². The number of hydrogen-bond acceptors (Lipinski definition) is 2. The largest absolute Gasteiger partial charge is 0.489 e. The van der Waals surface area contributed by atoms with E-state index in [0.717, 1.165) is 0 Å². The summed E-state index contributed by atoms with van der Waals surface area (Å²) in [7, 11) is 1.77. The molecule has 0 fully saturated rings. The number of halogens is 3. The van der Waals surface area contributed by atoms with Crippen molar-refractivity contribution in [2.45, 2.75) is 19.6 Å². The maximum absolute atomic E-state index is 13.9. The van der Waals surface area contributed by atoms with Crippen LogP contribution in [0.3, 0.4) is 0 Å². The van der Waals surface area contributed by atoms with Crippen molar-refractivity contribution in [3.63, 3.8) is 0 Å². The van der Waals surface area contributed by atoms with Crippen LogP contribution < -0.4 is 10.1 Å². The van der Waals surface area contributed by atoms with Gasteiger partial charge in [0, 0.05) is 27.7 Å². The van der Waals surface area contributed by atoms with Gasteiger partial charge in [0.05, 0.1) is 0 Å². The van der Waals surface area contributed by atoms with Crippen LogP contribution in [0.2, 0.25) is 0 Å². The van der Waals surface area contributed by atoms with E-state index in [1.54, 1.807) is 31.3 Å². The minimum Gasteiger partial charge on any atom is -0.489 e. The smallest absolute Gasteiger partial charge is 0.131 e. The number of rotatable bonds is 5. The predicted molar refractivity (Wildman–Crippen MR) is 82.3 cm³/mol. The number of benzene rings is 2. The van der Waals surface area contributed by atoms with Crippen LogP contribution in [0, 0.1) is 11.6 Å². The van der Waals surface area contributed by atoms with Crippen LogP contribution in [0.4, 0.5) is 8.78 Å². The minimum atomic E-state index is -0.356. The minimum absolute atomic E-state index is 0.0550. The van der Waals surface area contributed by atoms with Crippen molar-refractivity contribution in [3.8, 4) is 5.75 Å². The van der Waals surface area contributed by atoms with Crippen LogP contribution in [-0.4, -0.2) is 7.05 Å². The van der Waals surface area contributed by atoms with Crippen LogP contribution in [0.15, 0.2) is 40.9 Å². The third-order valence-corrected chi connectivity index (χ3v) is 3.77. The molecular weight excluding hydrogens is 340 g/mol. The summed E-state index contributed by atoms with van der Waals surface area (Å²) < 4.78 is 33.7. The summed E-state index contributed by atoms with van der Waals surface area (Å²) in [5.41, 5.74) is 0.992. The second-order valence-corrected chi connectivity index (χ2v) is 5.63. The quantitative estimate of drug-likeness (QED) is 0.846. The molecule has 2 rings (SSSR count). The molecule has 0 radical (unpaired) electrons. The van der Waals surface area contributed by atoms with Crippen LogP contribution >= 0.6 is 15.9 Å². The van der Waals surface area contributed by atoms with Gasteiger partial charge in [-0.1, -0.05) is 28.1 Å². The number of nitrogens with one attached hydrogen (secondary N) is 1. The van der Waals surface area contributed by atoms with Crippen molar-refractivity contribution in [1.82, 2.24) is 5.32 Å². The lowest BCUT2D eigenvalue weighted by atomic mass is 10.1. The third-order valence-electron chi connectivity index (χ3n) is 3.28. The van der Waals surface area contributed by atoms with Crippen molar-refractivity contribution in [2.75, 3.05) is 7.05 Å². The Morgan fingerprint density at radius 1 is 1.14 bits per heavy atom. The van der Waals surface area contributed by atoms with Gasteiger partial charge in [0.25, 0.3) is 0 Å². The molecule has 21 heavy (non-hydrogen) atoms. The molecule has 112 valence electrons. The highest BCUT2D eigenvalue weighted by molar-refractivity contribution is 9.10. The molecular formula is C16H16BrF2NO. The first-order valence-electron chi connectivity index (χ1n) is 6.54. The molecule has 0 spiro atoms. The van der Waals surface area contributed by atoms with Gasteiger partial charge in [-0.15, -0.1) is 0 Å². The van der Waals surface area contributed by atoms with Gasteiger partial charge in [0.2, 0.25) is 0 Å². The molecule has 2 nitrogen and oxygen atoms in total. The molecule has 2 aromatic rings. The molecule has 1 N–H and O–H groups in total. The summed E-state index contributed by atoms with van der Waals surface area (Å²) in [5, 5.41) is 2.98. The van der Waals surface area contributed by atoms with E-state index in [1.807, 2.05) is 6.92 Å². The van der Waals surface area contributed by atoms with Crippen molar-refractivity contribution >= 4 is 15.9 Å². The molecule has 0 aliphatic carbocycles. The first-order valence-corrected chi connectivity index (χ1v) is 7.34. The summed E-state index contributed by atoms with van der Waals surface area (Å²) in [6.45, 7) is 1.93. The van der Waals surface area contributed by atoms with Gasteiger partial charge < -0.3 is 10.1 Å². The Balaban J connectivity index is 2.08. The average molecular weight is 356 g/mol. The molecule has 2 aromatic carbocycles. The predicted octanol–water partition coefficient (Wildman–Crippen LogP) is 4.59. The number of ether oxygens (including phenoxy) is 1. The average Bonchev–Trinajstić information content (AvgIpc) is 2.45. The van der Waals surface area contributed by atoms with Gasteiger partial charge in [-0.3, -0.25) is 0 Å². The molecule has 0 aliphatic rings. The zero-order valence-electron chi connectivity index (χ0n) is 11.8. The van der Waals surface area contributed by atoms with Gasteiger partial charge in [0.1, 0.15) is 24.0 Å². The van der Waals surface area contributed by atoms with Crippen LogP contribution in [0.25, 0.3) is 0 Å². The highest BCUT2D eigenvalue weighted by Crippen LogP contribution is 2.23. The fraction of sp³-hybridized carbons (Fsp3) is 0.250.